The lowest BCUT2D eigenvalue weighted by Crippen LogP contribution is -2.33. The summed E-state index contributed by atoms with van der Waals surface area (Å²) in [5.41, 5.74) is 7.56. The topological polar surface area (TPSA) is 80.5 Å². The standard InChI is InChI=1S/C20H24N4O2.ClH/c1-26-18-7-3-2-6-17(18)23-19-14(5-4-10-22-19)20(25)24-11-13-8-9-16(21)15(13)12-24;/h2-7,10,13,15-16H,8-9,11-12,21H2,1H3,(H,22,23);1H. The molecule has 3 atom stereocenters. The van der Waals surface area contributed by atoms with Crippen LogP contribution in [0.15, 0.2) is 42.6 Å². The number of carbonyl (C=O) groups is 1. The molecule has 144 valence electrons. The minimum Gasteiger partial charge on any atom is -0.495 e. The van der Waals surface area contributed by atoms with Crippen LogP contribution in [0, 0.1) is 11.8 Å². The Morgan fingerprint density at radius 2 is 2.04 bits per heavy atom. The van der Waals surface area contributed by atoms with E-state index in [9.17, 15) is 4.79 Å². The quantitative estimate of drug-likeness (QED) is 0.841. The smallest absolute Gasteiger partial charge is 0.257 e. The zero-order chi connectivity index (χ0) is 18.1. The van der Waals surface area contributed by atoms with Gasteiger partial charge in [0.2, 0.25) is 0 Å². The molecular weight excluding hydrogens is 364 g/mol. The van der Waals surface area contributed by atoms with Crippen LogP contribution in [0.3, 0.4) is 0 Å². The molecule has 1 aliphatic carbocycles. The van der Waals surface area contributed by atoms with Gasteiger partial charge in [0.05, 0.1) is 18.4 Å². The number of nitrogens with two attached hydrogens (primary N) is 1. The summed E-state index contributed by atoms with van der Waals surface area (Å²) in [6.07, 6.45) is 3.88. The lowest BCUT2D eigenvalue weighted by atomic mass is 9.98. The van der Waals surface area contributed by atoms with Gasteiger partial charge in [-0.25, -0.2) is 4.98 Å². The second-order valence-electron chi connectivity index (χ2n) is 7.10. The van der Waals surface area contributed by atoms with Gasteiger partial charge >= 0.3 is 0 Å². The van der Waals surface area contributed by atoms with Crippen LogP contribution in [0.4, 0.5) is 11.5 Å². The molecule has 0 spiro atoms. The number of para-hydroxylation sites is 2. The number of aromatic nitrogens is 1. The molecule has 1 saturated heterocycles. The molecule has 0 radical (unpaired) electrons. The molecule has 1 aromatic heterocycles. The van der Waals surface area contributed by atoms with Crippen LogP contribution in [0.5, 0.6) is 5.75 Å². The number of nitrogens with one attached hydrogen (secondary N) is 1. The van der Waals surface area contributed by atoms with Crippen LogP contribution < -0.4 is 15.8 Å². The average Bonchev–Trinajstić information content (AvgIpc) is 3.24. The third kappa shape index (κ3) is 3.73. The highest BCUT2D eigenvalue weighted by molar-refractivity contribution is 5.99. The lowest BCUT2D eigenvalue weighted by molar-refractivity contribution is 0.0780. The number of amides is 1. The van der Waals surface area contributed by atoms with Crippen LogP contribution in [-0.2, 0) is 0 Å². The summed E-state index contributed by atoms with van der Waals surface area (Å²) in [7, 11) is 1.62. The van der Waals surface area contributed by atoms with Gasteiger partial charge in [0.25, 0.3) is 5.91 Å². The molecule has 1 aromatic carbocycles. The van der Waals surface area contributed by atoms with Crippen molar-refractivity contribution in [3.8, 4) is 5.75 Å². The molecular formula is C20H25ClN4O2. The van der Waals surface area contributed by atoms with E-state index in [1.54, 1.807) is 19.4 Å². The highest BCUT2D eigenvalue weighted by Crippen LogP contribution is 2.38. The summed E-state index contributed by atoms with van der Waals surface area (Å²) < 4.78 is 5.38. The number of nitrogens with zero attached hydrogens (tertiary/aromatic N) is 2. The highest BCUT2D eigenvalue weighted by Gasteiger charge is 2.42. The Morgan fingerprint density at radius 3 is 2.81 bits per heavy atom. The third-order valence-corrected chi connectivity index (χ3v) is 5.60. The summed E-state index contributed by atoms with van der Waals surface area (Å²) in [6, 6.07) is 11.4. The Morgan fingerprint density at radius 1 is 1.22 bits per heavy atom. The average molecular weight is 389 g/mol. The zero-order valence-corrected chi connectivity index (χ0v) is 16.1. The van der Waals surface area contributed by atoms with Crippen molar-refractivity contribution < 1.29 is 9.53 Å². The molecule has 1 aliphatic heterocycles. The molecule has 3 N–H and O–H groups in total. The highest BCUT2D eigenvalue weighted by atomic mass is 35.5. The van der Waals surface area contributed by atoms with Crippen LogP contribution in [0.25, 0.3) is 0 Å². The SMILES string of the molecule is COc1ccccc1Nc1ncccc1C(=O)N1CC2CCC(N)C2C1.Cl. The molecule has 2 heterocycles. The monoisotopic (exact) mass is 388 g/mol. The number of carbonyl (C=O) groups excluding carboxylic acids is 1. The van der Waals surface area contributed by atoms with E-state index in [2.05, 4.69) is 10.3 Å². The van der Waals surface area contributed by atoms with E-state index in [4.69, 9.17) is 10.5 Å². The number of fused-ring (bicyclic) bond motifs is 1. The number of ether oxygens (including phenoxy) is 1. The fraction of sp³-hybridized carbons (Fsp3) is 0.400. The van der Waals surface area contributed by atoms with Crippen molar-refractivity contribution in [2.45, 2.75) is 18.9 Å². The summed E-state index contributed by atoms with van der Waals surface area (Å²) in [5, 5.41) is 3.25. The Labute approximate surface area is 165 Å². The first kappa shape index (κ1) is 19.5. The zero-order valence-electron chi connectivity index (χ0n) is 15.3. The molecule has 0 bridgehead atoms. The largest absolute Gasteiger partial charge is 0.495 e. The number of hydrogen-bond acceptors (Lipinski definition) is 5. The van der Waals surface area contributed by atoms with Crippen molar-refractivity contribution in [2.24, 2.45) is 17.6 Å². The normalized spacial score (nSPS) is 23.5. The van der Waals surface area contributed by atoms with Gasteiger partial charge < -0.3 is 20.7 Å². The lowest BCUT2D eigenvalue weighted by Gasteiger charge is -2.20. The van der Waals surface area contributed by atoms with Gasteiger partial charge in [0.1, 0.15) is 11.6 Å². The molecule has 4 rings (SSSR count). The van der Waals surface area contributed by atoms with Crippen LogP contribution in [-0.4, -0.2) is 42.0 Å². The van der Waals surface area contributed by atoms with E-state index >= 15 is 0 Å². The summed E-state index contributed by atoms with van der Waals surface area (Å²) >= 11 is 0. The molecule has 2 aliphatic rings. The van der Waals surface area contributed by atoms with E-state index in [0.717, 1.165) is 31.6 Å². The number of methoxy groups -OCH3 is 1. The molecule has 2 aromatic rings. The number of hydrogen-bond donors (Lipinski definition) is 2. The summed E-state index contributed by atoms with van der Waals surface area (Å²) in [4.78, 5) is 19.4. The van der Waals surface area contributed by atoms with Gasteiger partial charge in [-0.1, -0.05) is 12.1 Å². The molecule has 7 heteroatoms. The van der Waals surface area contributed by atoms with E-state index in [-0.39, 0.29) is 24.4 Å². The molecule has 3 unspecified atom stereocenters. The van der Waals surface area contributed by atoms with Gasteiger partial charge in [-0.3, -0.25) is 4.79 Å². The first-order chi connectivity index (χ1) is 12.7. The number of rotatable bonds is 4. The fourth-order valence-corrected chi connectivity index (χ4v) is 4.20. The Bertz CT molecular complexity index is 816. The minimum absolute atomic E-state index is 0. The van der Waals surface area contributed by atoms with Crippen molar-refractivity contribution in [1.82, 2.24) is 9.88 Å². The molecule has 2 fully saturated rings. The minimum atomic E-state index is 0. The maximum Gasteiger partial charge on any atom is 0.257 e. The van der Waals surface area contributed by atoms with Gasteiger partial charge in [0.15, 0.2) is 0 Å². The maximum atomic E-state index is 13.1. The maximum absolute atomic E-state index is 13.1. The number of pyridine rings is 1. The predicted octanol–water partition coefficient (Wildman–Crippen LogP) is 3.06. The first-order valence-electron chi connectivity index (χ1n) is 9.07. The van der Waals surface area contributed by atoms with E-state index in [1.807, 2.05) is 35.2 Å². The number of benzene rings is 1. The van der Waals surface area contributed by atoms with Crippen molar-refractivity contribution in [2.75, 3.05) is 25.5 Å². The summed E-state index contributed by atoms with van der Waals surface area (Å²) in [6.45, 7) is 1.54. The van der Waals surface area contributed by atoms with Gasteiger partial charge in [-0.05, 0) is 48.9 Å². The second-order valence-corrected chi connectivity index (χ2v) is 7.10. The van der Waals surface area contributed by atoms with Gasteiger partial charge in [0, 0.05) is 25.3 Å². The Balaban J connectivity index is 0.00000210. The van der Waals surface area contributed by atoms with Crippen molar-refractivity contribution >= 4 is 29.8 Å². The van der Waals surface area contributed by atoms with Crippen LogP contribution in [0.2, 0.25) is 0 Å². The van der Waals surface area contributed by atoms with E-state index in [1.165, 1.54) is 0 Å². The number of likely N-dealkylation sites (tertiary alicyclic amines) is 1. The van der Waals surface area contributed by atoms with Crippen molar-refractivity contribution in [3.05, 3.63) is 48.2 Å². The summed E-state index contributed by atoms with van der Waals surface area (Å²) in [5.74, 6) is 2.23. The van der Waals surface area contributed by atoms with Crippen LogP contribution >= 0.6 is 12.4 Å². The second kappa shape index (κ2) is 8.15. The Hall–Kier alpha value is -2.31. The predicted molar refractivity (Wildman–Crippen MR) is 108 cm³/mol. The van der Waals surface area contributed by atoms with E-state index in [0.29, 0.717) is 29.0 Å². The number of halogens is 1. The first-order valence-corrected chi connectivity index (χ1v) is 9.07. The number of anilines is 2. The molecule has 1 saturated carbocycles. The van der Waals surface area contributed by atoms with Gasteiger partial charge in [-0.15, -0.1) is 12.4 Å². The molecule has 1 amide bonds. The molecule has 6 nitrogen and oxygen atoms in total. The van der Waals surface area contributed by atoms with Crippen molar-refractivity contribution in [3.63, 3.8) is 0 Å². The third-order valence-electron chi connectivity index (χ3n) is 5.60. The molecule has 27 heavy (non-hydrogen) atoms. The van der Waals surface area contributed by atoms with Gasteiger partial charge in [-0.2, -0.15) is 0 Å². The Kier molecular flexibility index (Phi) is 5.87. The fourth-order valence-electron chi connectivity index (χ4n) is 4.20. The van der Waals surface area contributed by atoms with Crippen molar-refractivity contribution in [1.29, 1.82) is 0 Å². The van der Waals surface area contributed by atoms with E-state index < -0.39 is 0 Å². The van der Waals surface area contributed by atoms with Crippen LogP contribution in [0.1, 0.15) is 23.2 Å².